The number of rotatable bonds is 9. The zero-order chi connectivity index (χ0) is 14.0. The van der Waals surface area contributed by atoms with E-state index < -0.39 is 5.97 Å². The van der Waals surface area contributed by atoms with Crippen LogP contribution in [0.3, 0.4) is 0 Å². The summed E-state index contributed by atoms with van der Waals surface area (Å²) in [5, 5.41) is 14.0. The van der Waals surface area contributed by atoms with Gasteiger partial charge in [-0.05, 0) is 25.7 Å². The van der Waals surface area contributed by atoms with Crippen molar-refractivity contribution in [1.82, 2.24) is 10.6 Å². The molecule has 0 bridgehead atoms. The number of carboxylic acids is 1. The van der Waals surface area contributed by atoms with E-state index in [1.807, 2.05) is 13.8 Å². The molecule has 2 atom stereocenters. The number of aliphatic carboxylic acids is 1. The van der Waals surface area contributed by atoms with Gasteiger partial charge in [-0.3, -0.25) is 4.79 Å². The standard InChI is InChI=1S/C12H24N2O4/c1-9(4-5-11(15)16)6-7-13-12(17)14-10(2)8-18-3/h9-10H,4-8H2,1-3H3,(H,15,16)(H2,13,14,17). The molecule has 0 aromatic carbocycles. The molecule has 0 saturated carbocycles. The number of carboxylic acid groups (broad SMARTS) is 1. The van der Waals surface area contributed by atoms with Crippen molar-refractivity contribution >= 4 is 12.0 Å². The molecule has 0 saturated heterocycles. The van der Waals surface area contributed by atoms with Gasteiger partial charge in [0, 0.05) is 20.1 Å². The molecular formula is C12H24N2O4. The van der Waals surface area contributed by atoms with Gasteiger partial charge in [0.1, 0.15) is 0 Å². The van der Waals surface area contributed by atoms with Crippen molar-refractivity contribution in [3.8, 4) is 0 Å². The van der Waals surface area contributed by atoms with Crippen LogP contribution < -0.4 is 10.6 Å². The molecule has 2 amide bonds. The number of hydrogen-bond acceptors (Lipinski definition) is 3. The summed E-state index contributed by atoms with van der Waals surface area (Å²) in [4.78, 5) is 21.8. The molecule has 0 aliphatic heterocycles. The zero-order valence-electron chi connectivity index (χ0n) is 11.4. The van der Waals surface area contributed by atoms with Crippen molar-refractivity contribution in [2.75, 3.05) is 20.3 Å². The second-order valence-corrected chi connectivity index (χ2v) is 4.58. The molecule has 6 heteroatoms. The van der Waals surface area contributed by atoms with E-state index in [1.54, 1.807) is 7.11 Å². The Bertz CT molecular complexity index is 258. The number of amides is 2. The second kappa shape index (κ2) is 9.70. The molecule has 0 aromatic heterocycles. The number of ether oxygens (including phenoxy) is 1. The third kappa shape index (κ3) is 9.89. The molecule has 0 aliphatic rings. The lowest BCUT2D eigenvalue weighted by molar-refractivity contribution is -0.137. The minimum atomic E-state index is -0.777. The number of urea groups is 1. The summed E-state index contributed by atoms with van der Waals surface area (Å²) < 4.78 is 4.90. The van der Waals surface area contributed by atoms with Crippen LogP contribution in [-0.4, -0.2) is 43.4 Å². The molecule has 0 radical (unpaired) electrons. The fourth-order valence-electron chi connectivity index (χ4n) is 1.51. The predicted molar refractivity (Wildman–Crippen MR) is 68.5 cm³/mol. The predicted octanol–water partition coefficient (Wildman–Crippen LogP) is 1.21. The average Bonchev–Trinajstić information content (AvgIpc) is 2.26. The van der Waals surface area contributed by atoms with Crippen LogP contribution in [0.5, 0.6) is 0 Å². The Balaban J connectivity index is 3.58. The van der Waals surface area contributed by atoms with Crippen LogP contribution in [0.25, 0.3) is 0 Å². The van der Waals surface area contributed by atoms with E-state index in [0.29, 0.717) is 19.6 Å². The van der Waals surface area contributed by atoms with Gasteiger partial charge in [0.2, 0.25) is 0 Å². The molecule has 0 rings (SSSR count). The lowest BCUT2D eigenvalue weighted by Crippen LogP contribution is -2.43. The maximum Gasteiger partial charge on any atom is 0.315 e. The van der Waals surface area contributed by atoms with Gasteiger partial charge in [0.15, 0.2) is 0 Å². The van der Waals surface area contributed by atoms with Crippen LogP contribution in [-0.2, 0) is 9.53 Å². The maximum absolute atomic E-state index is 11.4. The first-order chi connectivity index (χ1) is 8.45. The Morgan fingerprint density at radius 2 is 1.94 bits per heavy atom. The van der Waals surface area contributed by atoms with E-state index in [-0.39, 0.29) is 24.4 Å². The molecule has 0 spiro atoms. The monoisotopic (exact) mass is 260 g/mol. The number of carbonyl (C=O) groups is 2. The van der Waals surface area contributed by atoms with E-state index >= 15 is 0 Å². The fourth-order valence-corrected chi connectivity index (χ4v) is 1.51. The van der Waals surface area contributed by atoms with E-state index in [2.05, 4.69) is 10.6 Å². The summed E-state index contributed by atoms with van der Waals surface area (Å²) >= 11 is 0. The number of nitrogens with one attached hydrogen (secondary N) is 2. The highest BCUT2D eigenvalue weighted by Gasteiger charge is 2.08. The Morgan fingerprint density at radius 3 is 2.50 bits per heavy atom. The largest absolute Gasteiger partial charge is 0.481 e. The van der Waals surface area contributed by atoms with E-state index in [1.165, 1.54) is 0 Å². The average molecular weight is 260 g/mol. The highest BCUT2D eigenvalue weighted by atomic mass is 16.5. The smallest absolute Gasteiger partial charge is 0.315 e. The molecule has 18 heavy (non-hydrogen) atoms. The van der Waals surface area contributed by atoms with Gasteiger partial charge < -0.3 is 20.5 Å². The van der Waals surface area contributed by atoms with Crippen LogP contribution in [0.4, 0.5) is 4.79 Å². The fraction of sp³-hybridized carbons (Fsp3) is 0.833. The topological polar surface area (TPSA) is 87.7 Å². The van der Waals surface area contributed by atoms with Crippen LogP contribution in [0.15, 0.2) is 0 Å². The van der Waals surface area contributed by atoms with Gasteiger partial charge in [0.05, 0.1) is 12.6 Å². The van der Waals surface area contributed by atoms with Crippen molar-refractivity contribution in [2.45, 2.75) is 39.2 Å². The minimum absolute atomic E-state index is 0.0283. The first-order valence-corrected chi connectivity index (χ1v) is 6.20. The summed E-state index contributed by atoms with van der Waals surface area (Å²) in [6, 6.07) is -0.246. The molecule has 0 heterocycles. The lowest BCUT2D eigenvalue weighted by atomic mass is 10.0. The van der Waals surface area contributed by atoms with Crippen molar-refractivity contribution in [3.05, 3.63) is 0 Å². The van der Waals surface area contributed by atoms with Gasteiger partial charge in [-0.2, -0.15) is 0 Å². The van der Waals surface area contributed by atoms with Crippen molar-refractivity contribution in [3.63, 3.8) is 0 Å². The summed E-state index contributed by atoms with van der Waals surface area (Å²) in [5.74, 6) is -0.487. The molecule has 0 fully saturated rings. The van der Waals surface area contributed by atoms with Gasteiger partial charge in [-0.15, -0.1) is 0 Å². The van der Waals surface area contributed by atoms with Crippen molar-refractivity contribution < 1.29 is 19.4 Å². The summed E-state index contributed by atoms with van der Waals surface area (Å²) in [6.07, 6.45) is 1.59. The number of carbonyl (C=O) groups excluding carboxylic acids is 1. The van der Waals surface area contributed by atoms with E-state index in [0.717, 1.165) is 6.42 Å². The second-order valence-electron chi connectivity index (χ2n) is 4.58. The van der Waals surface area contributed by atoms with Crippen molar-refractivity contribution in [2.24, 2.45) is 5.92 Å². The Labute approximate surface area is 108 Å². The van der Waals surface area contributed by atoms with Crippen LogP contribution in [0.1, 0.15) is 33.1 Å². The molecule has 6 nitrogen and oxygen atoms in total. The van der Waals surface area contributed by atoms with E-state index in [9.17, 15) is 9.59 Å². The normalized spacial score (nSPS) is 13.7. The third-order valence-corrected chi connectivity index (χ3v) is 2.57. The van der Waals surface area contributed by atoms with Gasteiger partial charge in [0.25, 0.3) is 0 Å². The minimum Gasteiger partial charge on any atom is -0.481 e. The quantitative estimate of drug-likeness (QED) is 0.581. The Kier molecular flexibility index (Phi) is 9.00. The summed E-state index contributed by atoms with van der Waals surface area (Å²) in [5.41, 5.74) is 0. The Morgan fingerprint density at radius 1 is 1.28 bits per heavy atom. The molecule has 0 aromatic rings. The van der Waals surface area contributed by atoms with Gasteiger partial charge in [-0.1, -0.05) is 6.92 Å². The SMILES string of the molecule is COCC(C)NC(=O)NCCC(C)CCC(=O)O. The molecule has 3 N–H and O–H groups in total. The van der Waals surface area contributed by atoms with Crippen LogP contribution in [0.2, 0.25) is 0 Å². The Hall–Kier alpha value is -1.30. The van der Waals surface area contributed by atoms with Crippen molar-refractivity contribution in [1.29, 1.82) is 0 Å². The van der Waals surface area contributed by atoms with Crippen LogP contribution in [0, 0.1) is 5.92 Å². The summed E-state index contributed by atoms with van der Waals surface area (Å²) in [6.45, 7) is 4.86. The van der Waals surface area contributed by atoms with Gasteiger partial charge in [-0.25, -0.2) is 4.79 Å². The van der Waals surface area contributed by atoms with Crippen LogP contribution >= 0.6 is 0 Å². The van der Waals surface area contributed by atoms with E-state index in [4.69, 9.17) is 9.84 Å². The number of hydrogen-bond donors (Lipinski definition) is 3. The molecular weight excluding hydrogens is 236 g/mol. The molecule has 0 aliphatic carbocycles. The highest BCUT2D eigenvalue weighted by molar-refractivity contribution is 5.74. The van der Waals surface area contributed by atoms with Gasteiger partial charge >= 0.3 is 12.0 Å². The zero-order valence-corrected chi connectivity index (χ0v) is 11.4. The maximum atomic E-state index is 11.4. The molecule has 2 unspecified atom stereocenters. The first kappa shape index (κ1) is 16.7. The first-order valence-electron chi connectivity index (χ1n) is 6.20. The number of methoxy groups -OCH3 is 1. The third-order valence-electron chi connectivity index (χ3n) is 2.57. The lowest BCUT2D eigenvalue weighted by Gasteiger charge is -2.15. The summed E-state index contributed by atoms with van der Waals surface area (Å²) in [7, 11) is 1.58. The molecule has 106 valence electrons. The highest BCUT2D eigenvalue weighted by Crippen LogP contribution is 2.08.